The molecule has 0 aliphatic heterocycles. The van der Waals surface area contributed by atoms with Gasteiger partial charge < -0.3 is 9.73 Å². The van der Waals surface area contributed by atoms with Crippen LogP contribution in [0.25, 0.3) is 0 Å². The van der Waals surface area contributed by atoms with E-state index in [-0.39, 0.29) is 0 Å². The number of aryl methyl sites for hydroxylation is 1. The molecule has 74 valence electrons. The van der Waals surface area contributed by atoms with Crippen molar-refractivity contribution in [2.24, 2.45) is 0 Å². The van der Waals surface area contributed by atoms with Crippen LogP contribution in [0.3, 0.4) is 0 Å². The van der Waals surface area contributed by atoms with Gasteiger partial charge >= 0.3 is 0 Å². The van der Waals surface area contributed by atoms with Crippen molar-refractivity contribution in [1.29, 1.82) is 0 Å². The van der Waals surface area contributed by atoms with Gasteiger partial charge in [0.2, 0.25) is 11.8 Å². The van der Waals surface area contributed by atoms with E-state index in [1.54, 1.807) is 0 Å². The molecule has 0 unspecified atom stereocenters. The summed E-state index contributed by atoms with van der Waals surface area (Å²) >= 11 is 0. The van der Waals surface area contributed by atoms with Crippen molar-refractivity contribution in [2.75, 3.05) is 13.6 Å². The zero-order valence-corrected chi connectivity index (χ0v) is 8.50. The van der Waals surface area contributed by atoms with Gasteiger partial charge in [-0.1, -0.05) is 13.8 Å². The highest BCUT2D eigenvalue weighted by Gasteiger charge is 2.08. The number of hydrogen-bond acceptors (Lipinski definition) is 4. The van der Waals surface area contributed by atoms with Crippen molar-refractivity contribution in [2.45, 2.75) is 32.6 Å². The van der Waals surface area contributed by atoms with E-state index < -0.39 is 0 Å². The fraction of sp³-hybridized carbons (Fsp3) is 0.778. The predicted octanol–water partition coefficient (Wildman–Crippen LogP) is 1.34. The maximum atomic E-state index is 5.44. The molecule has 0 spiro atoms. The van der Waals surface area contributed by atoms with Crippen LogP contribution in [0.2, 0.25) is 0 Å². The lowest BCUT2D eigenvalue weighted by Gasteiger charge is -1.96. The van der Waals surface area contributed by atoms with Crippen LogP contribution in [0.1, 0.15) is 38.0 Å². The first kappa shape index (κ1) is 10.2. The largest absolute Gasteiger partial charge is 0.425 e. The Bertz CT molecular complexity index is 245. The van der Waals surface area contributed by atoms with E-state index in [4.69, 9.17) is 4.42 Å². The minimum Gasteiger partial charge on any atom is -0.425 e. The van der Waals surface area contributed by atoms with Crippen molar-refractivity contribution in [3.05, 3.63) is 11.8 Å². The van der Waals surface area contributed by atoms with E-state index in [2.05, 4.69) is 15.5 Å². The lowest BCUT2D eigenvalue weighted by Crippen LogP contribution is -2.08. The second-order valence-corrected chi connectivity index (χ2v) is 3.40. The third kappa shape index (κ3) is 3.14. The quantitative estimate of drug-likeness (QED) is 0.700. The van der Waals surface area contributed by atoms with Crippen molar-refractivity contribution < 1.29 is 4.42 Å². The molecule has 0 aromatic carbocycles. The molecule has 0 atom stereocenters. The highest BCUT2D eigenvalue weighted by atomic mass is 16.4. The molecule has 1 aromatic rings. The van der Waals surface area contributed by atoms with Gasteiger partial charge in [0.05, 0.1) is 0 Å². The summed E-state index contributed by atoms with van der Waals surface area (Å²) in [5.74, 6) is 1.81. The van der Waals surface area contributed by atoms with E-state index in [1.807, 2.05) is 20.9 Å². The third-order valence-corrected chi connectivity index (χ3v) is 1.79. The van der Waals surface area contributed by atoms with E-state index in [0.717, 1.165) is 31.2 Å². The molecule has 0 amide bonds. The average Bonchev–Trinajstić information content (AvgIpc) is 2.53. The van der Waals surface area contributed by atoms with Gasteiger partial charge in [0.25, 0.3) is 0 Å². The molecule has 0 radical (unpaired) electrons. The number of aromatic nitrogens is 2. The molecule has 0 bridgehead atoms. The summed E-state index contributed by atoms with van der Waals surface area (Å²) in [6, 6.07) is 0. The monoisotopic (exact) mass is 183 g/mol. The Labute approximate surface area is 78.7 Å². The summed E-state index contributed by atoms with van der Waals surface area (Å²) in [5.41, 5.74) is 0. The zero-order valence-electron chi connectivity index (χ0n) is 8.50. The normalized spacial score (nSPS) is 11.1. The SMILES string of the molecule is CNCCCc1nnc(C(C)C)o1. The molecule has 1 N–H and O–H groups in total. The van der Waals surface area contributed by atoms with Gasteiger partial charge in [0, 0.05) is 12.3 Å². The summed E-state index contributed by atoms with van der Waals surface area (Å²) in [6.07, 6.45) is 1.90. The van der Waals surface area contributed by atoms with Crippen molar-refractivity contribution in [1.82, 2.24) is 15.5 Å². The minimum atomic E-state index is 0.325. The Kier molecular flexibility index (Phi) is 3.89. The molecule has 1 rings (SSSR count). The van der Waals surface area contributed by atoms with E-state index in [0.29, 0.717) is 5.92 Å². The Balaban J connectivity index is 2.40. The van der Waals surface area contributed by atoms with Crippen molar-refractivity contribution in [3.8, 4) is 0 Å². The standard InChI is InChI=1S/C9H17N3O/c1-7(2)9-12-11-8(13-9)5-4-6-10-3/h7,10H,4-6H2,1-3H3. The number of nitrogens with one attached hydrogen (secondary N) is 1. The van der Waals surface area contributed by atoms with E-state index >= 15 is 0 Å². The molecule has 0 fully saturated rings. The van der Waals surface area contributed by atoms with Crippen LogP contribution in [0.4, 0.5) is 0 Å². The van der Waals surface area contributed by atoms with Gasteiger partial charge in [-0.15, -0.1) is 10.2 Å². The third-order valence-electron chi connectivity index (χ3n) is 1.79. The Hall–Kier alpha value is -0.900. The van der Waals surface area contributed by atoms with Crippen molar-refractivity contribution in [3.63, 3.8) is 0 Å². The first-order valence-corrected chi connectivity index (χ1v) is 4.71. The van der Waals surface area contributed by atoms with Crippen LogP contribution < -0.4 is 5.32 Å². The Morgan fingerprint density at radius 3 is 2.69 bits per heavy atom. The van der Waals surface area contributed by atoms with Gasteiger partial charge in [-0.05, 0) is 20.0 Å². The molecule has 0 aliphatic rings. The highest BCUT2D eigenvalue weighted by Crippen LogP contribution is 2.12. The maximum absolute atomic E-state index is 5.44. The molecule has 0 aliphatic carbocycles. The van der Waals surface area contributed by atoms with Crippen molar-refractivity contribution >= 4 is 0 Å². The van der Waals surface area contributed by atoms with Gasteiger partial charge in [0.1, 0.15) is 0 Å². The van der Waals surface area contributed by atoms with Crippen LogP contribution in [0.15, 0.2) is 4.42 Å². The number of hydrogen-bond donors (Lipinski definition) is 1. The van der Waals surface area contributed by atoms with Gasteiger partial charge in [0.15, 0.2) is 0 Å². The highest BCUT2D eigenvalue weighted by molar-refractivity contribution is 4.87. The molecular weight excluding hydrogens is 166 g/mol. The molecule has 4 nitrogen and oxygen atoms in total. The summed E-state index contributed by atoms with van der Waals surface area (Å²) in [5, 5.41) is 11.0. The van der Waals surface area contributed by atoms with Crippen LogP contribution in [0.5, 0.6) is 0 Å². The molecule has 13 heavy (non-hydrogen) atoms. The van der Waals surface area contributed by atoms with E-state index in [9.17, 15) is 0 Å². The average molecular weight is 183 g/mol. The van der Waals surface area contributed by atoms with Crippen LogP contribution in [-0.2, 0) is 6.42 Å². The fourth-order valence-corrected chi connectivity index (χ4v) is 1.02. The minimum absolute atomic E-state index is 0.325. The summed E-state index contributed by atoms with van der Waals surface area (Å²) in [4.78, 5) is 0. The summed E-state index contributed by atoms with van der Waals surface area (Å²) in [7, 11) is 1.94. The molecule has 4 heteroatoms. The smallest absolute Gasteiger partial charge is 0.219 e. The first-order chi connectivity index (χ1) is 6.24. The molecule has 1 aromatic heterocycles. The predicted molar refractivity (Wildman–Crippen MR) is 50.6 cm³/mol. The second-order valence-electron chi connectivity index (χ2n) is 3.40. The lowest BCUT2D eigenvalue weighted by atomic mass is 10.2. The summed E-state index contributed by atoms with van der Waals surface area (Å²) < 4.78 is 5.44. The second kappa shape index (κ2) is 4.97. The lowest BCUT2D eigenvalue weighted by molar-refractivity contribution is 0.427. The van der Waals surface area contributed by atoms with Gasteiger partial charge in [-0.2, -0.15) is 0 Å². The van der Waals surface area contributed by atoms with Crippen LogP contribution in [0, 0.1) is 0 Å². The number of nitrogens with zero attached hydrogens (tertiary/aromatic N) is 2. The molecule has 1 heterocycles. The topological polar surface area (TPSA) is 51.0 Å². The van der Waals surface area contributed by atoms with Crippen LogP contribution >= 0.6 is 0 Å². The van der Waals surface area contributed by atoms with Gasteiger partial charge in [-0.3, -0.25) is 0 Å². The molecular formula is C9H17N3O. The maximum Gasteiger partial charge on any atom is 0.219 e. The zero-order chi connectivity index (χ0) is 9.68. The van der Waals surface area contributed by atoms with Crippen LogP contribution in [-0.4, -0.2) is 23.8 Å². The Morgan fingerprint density at radius 1 is 1.38 bits per heavy atom. The Morgan fingerprint density at radius 2 is 2.15 bits per heavy atom. The summed E-state index contributed by atoms with van der Waals surface area (Å²) in [6.45, 7) is 5.08. The fourth-order valence-electron chi connectivity index (χ4n) is 1.02. The van der Waals surface area contributed by atoms with Gasteiger partial charge in [-0.25, -0.2) is 0 Å². The number of rotatable bonds is 5. The van der Waals surface area contributed by atoms with E-state index in [1.165, 1.54) is 0 Å². The first-order valence-electron chi connectivity index (χ1n) is 4.71. The molecule has 0 saturated heterocycles. The molecule has 0 saturated carbocycles.